The molecule has 142 valence electrons. The summed E-state index contributed by atoms with van der Waals surface area (Å²) in [6, 6.07) is 10.0. The Bertz CT molecular complexity index is 1100. The van der Waals surface area contributed by atoms with E-state index < -0.39 is 0 Å². The van der Waals surface area contributed by atoms with Crippen LogP contribution in [-0.2, 0) is 19.5 Å². The molecule has 0 unspecified atom stereocenters. The van der Waals surface area contributed by atoms with Crippen LogP contribution in [0.4, 0.5) is 0 Å². The van der Waals surface area contributed by atoms with Crippen molar-refractivity contribution in [2.24, 2.45) is 0 Å². The number of aromatic nitrogens is 6. The third-order valence-electron chi connectivity index (χ3n) is 4.98. The number of hydrogen-bond acceptors (Lipinski definition) is 7. The van der Waals surface area contributed by atoms with Gasteiger partial charge in [-0.25, -0.2) is 29.9 Å². The molecule has 0 saturated carbocycles. The molecule has 0 N–H and O–H groups in total. The topological polar surface area (TPSA) is 80.6 Å². The van der Waals surface area contributed by atoms with E-state index >= 15 is 0 Å². The molecule has 1 aliphatic rings. The van der Waals surface area contributed by atoms with Gasteiger partial charge in [0.1, 0.15) is 6.33 Å². The van der Waals surface area contributed by atoms with E-state index in [0.29, 0.717) is 5.82 Å². The normalized spacial score (nSPS) is 13.8. The van der Waals surface area contributed by atoms with Crippen LogP contribution in [0.1, 0.15) is 16.8 Å². The molecule has 4 heterocycles. The standard InChI is InChI=1S/C22H19N7/c1-2-4-17(5-3-1)21-25-8-16(9-26-21)13-29-7-6-20-19(14-29)12-27-22(28-20)18-10-23-15-24-11-18/h1-5,8-12,15H,6-7,13-14H2. The van der Waals surface area contributed by atoms with Crippen molar-refractivity contribution < 1.29 is 0 Å². The molecule has 5 rings (SSSR count). The van der Waals surface area contributed by atoms with Crippen LogP contribution in [0, 0.1) is 0 Å². The van der Waals surface area contributed by atoms with E-state index in [9.17, 15) is 0 Å². The molecule has 4 aromatic rings. The first kappa shape index (κ1) is 17.5. The molecular formula is C22H19N7. The van der Waals surface area contributed by atoms with Gasteiger partial charge in [-0.2, -0.15) is 0 Å². The highest BCUT2D eigenvalue weighted by Gasteiger charge is 2.19. The fraction of sp³-hybridized carbons (Fsp3) is 0.182. The zero-order valence-corrected chi connectivity index (χ0v) is 15.8. The van der Waals surface area contributed by atoms with Gasteiger partial charge in [-0.1, -0.05) is 30.3 Å². The summed E-state index contributed by atoms with van der Waals surface area (Å²) >= 11 is 0. The molecular weight excluding hydrogens is 362 g/mol. The second kappa shape index (κ2) is 7.81. The molecule has 0 bridgehead atoms. The summed E-state index contributed by atoms with van der Waals surface area (Å²) in [5.41, 5.74) is 5.24. The van der Waals surface area contributed by atoms with Gasteiger partial charge in [-0.15, -0.1) is 0 Å². The Morgan fingerprint density at radius 2 is 1.55 bits per heavy atom. The fourth-order valence-electron chi connectivity index (χ4n) is 3.49. The average Bonchev–Trinajstić information content (AvgIpc) is 2.80. The summed E-state index contributed by atoms with van der Waals surface area (Å²) < 4.78 is 0. The van der Waals surface area contributed by atoms with E-state index in [0.717, 1.165) is 54.3 Å². The van der Waals surface area contributed by atoms with Gasteiger partial charge in [0.25, 0.3) is 0 Å². The minimum Gasteiger partial charge on any atom is -0.294 e. The maximum Gasteiger partial charge on any atom is 0.162 e. The van der Waals surface area contributed by atoms with E-state index in [1.807, 2.05) is 48.9 Å². The second-order valence-electron chi connectivity index (χ2n) is 7.03. The number of nitrogens with zero attached hydrogens (tertiary/aromatic N) is 7. The molecule has 3 aromatic heterocycles. The molecule has 0 saturated heterocycles. The Morgan fingerprint density at radius 3 is 2.34 bits per heavy atom. The fourth-order valence-corrected chi connectivity index (χ4v) is 3.49. The largest absolute Gasteiger partial charge is 0.294 e. The molecule has 1 aromatic carbocycles. The first-order chi connectivity index (χ1) is 14.3. The van der Waals surface area contributed by atoms with Gasteiger partial charge in [-0.05, 0) is 0 Å². The number of benzene rings is 1. The summed E-state index contributed by atoms with van der Waals surface area (Å²) in [5.74, 6) is 1.44. The minimum absolute atomic E-state index is 0.683. The molecule has 0 amide bonds. The SMILES string of the molecule is c1ccc(-c2ncc(CN3CCc4nc(-c5cncnc5)ncc4C3)cn2)cc1. The molecule has 0 spiro atoms. The van der Waals surface area contributed by atoms with Crippen LogP contribution in [-0.4, -0.2) is 41.3 Å². The van der Waals surface area contributed by atoms with E-state index in [1.54, 1.807) is 12.4 Å². The summed E-state index contributed by atoms with van der Waals surface area (Å²) in [5, 5.41) is 0. The Kier molecular flexibility index (Phi) is 4.72. The highest BCUT2D eigenvalue weighted by atomic mass is 15.1. The van der Waals surface area contributed by atoms with Crippen LogP contribution in [0.3, 0.4) is 0 Å². The quantitative estimate of drug-likeness (QED) is 0.538. The lowest BCUT2D eigenvalue weighted by molar-refractivity contribution is 0.242. The van der Waals surface area contributed by atoms with Gasteiger partial charge < -0.3 is 0 Å². The molecule has 0 radical (unpaired) electrons. The van der Waals surface area contributed by atoms with Crippen LogP contribution in [0.25, 0.3) is 22.8 Å². The van der Waals surface area contributed by atoms with Crippen molar-refractivity contribution in [1.82, 2.24) is 34.8 Å². The van der Waals surface area contributed by atoms with E-state index in [4.69, 9.17) is 4.98 Å². The maximum atomic E-state index is 4.73. The monoisotopic (exact) mass is 381 g/mol. The Labute approximate surface area is 168 Å². The number of hydrogen-bond donors (Lipinski definition) is 0. The lowest BCUT2D eigenvalue weighted by atomic mass is 10.1. The summed E-state index contributed by atoms with van der Waals surface area (Å²) in [4.78, 5) is 28.8. The molecule has 0 fully saturated rings. The van der Waals surface area contributed by atoms with Crippen LogP contribution in [0.2, 0.25) is 0 Å². The zero-order valence-electron chi connectivity index (χ0n) is 15.8. The smallest absolute Gasteiger partial charge is 0.162 e. The predicted molar refractivity (Wildman–Crippen MR) is 108 cm³/mol. The zero-order chi connectivity index (χ0) is 19.5. The van der Waals surface area contributed by atoms with E-state index in [1.165, 1.54) is 11.9 Å². The van der Waals surface area contributed by atoms with Gasteiger partial charge in [-0.3, -0.25) is 4.90 Å². The summed E-state index contributed by atoms with van der Waals surface area (Å²) in [7, 11) is 0. The van der Waals surface area contributed by atoms with Crippen LogP contribution in [0.15, 0.2) is 67.6 Å². The second-order valence-corrected chi connectivity index (χ2v) is 7.03. The Morgan fingerprint density at radius 1 is 0.793 bits per heavy atom. The highest BCUT2D eigenvalue weighted by molar-refractivity contribution is 5.54. The van der Waals surface area contributed by atoms with Gasteiger partial charge in [0.05, 0.1) is 11.3 Å². The van der Waals surface area contributed by atoms with Crippen molar-refractivity contribution in [3.05, 3.63) is 84.5 Å². The minimum atomic E-state index is 0.683. The molecule has 0 aliphatic carbocycles. The Hall–Kier alpha value is -3.58. The predicted octanol–water partition coefficient (Wildman–Crippen LogP) is 2.95. The lowest BCUT2D eigenvalue weighted by Crippen LogP contribution is -2.31. The lowest BCUT2D eigenvalue weighted by Gasteiger charge is -2.27. The van der Waals surface area contributed by atoms with Crippen molar-refractivity contribution in [3.63, 3.8) is 0 Å². The summed E-state index contributed by atoms with van der Waals surface area (Å²) in [6.07, 6.45) is 11.6. The first-order valence-electron chi connectivity index (χ1n) is 9.54. The molecule has 7 heteroatoms. The van der Waals surface area contributed by atoms with Crippen molar-refractivity contribution in [2.45, 2.75) is 19.5 Å². The van der Waals surface area contributed by atoms with Crippen molar-refractivity contribution in [1.29, 1.82) is 0 Å². The number of rotatable bonds is 4. The van der Waals surface area contributed by atoms with Crippen molar-refractivity contribution in [3.8, 4) is 22.8 Å². The van der Waals surface area contributed by atoms with Crippen LogP contribution in [0.5, 0.6) is 0 Å². The van der Waals surface area contributed by atoms with Crippen molar-refractivity contribution in [2.75, 3.05) is 6.54 Å². The maximum absolute atomic E-state index is 4.73. The summed E-state index contributed by atoms with van der Waals surface area (Å²) in [6.45, 7) is 2.57. The van der Waals surface area contributed by atoms with Gasteiger partial charge in [0.2, 0.25) is 0 Å². The third-order valence-corrected chi connectivity index (χ3v) is 4.98. The van der Waals surface area contributed by atoms with Crippen LogP contribution < -0.4 is 0 Å². The van der Waals surface area contributed by atoms with E-state index in [-0.39, 0.29) is 0 Å². The van der Waals surface area contributed by atoms with Gasteiger partial charge >= 0.3 is 0 Å². The highest BCUT2D eigenvalue weighted by Crippen LogP contribution is 2.21. The molecule has 0 atom stereocenters. The van der Waals surface area contributed by atoms with Crippen LogP contribution >= 0.6 is 0 Å². The van der Waals surface area contributed by atoms with Gasteiger partial charge in [0.15, 0.2) is 11.6 Å². The molecule has 1 aliphatic heterocycles. The first-order valence-corrected chi connectivity index (χ1v) is 9.54. The van der Waals surface area contributed by atoms with Crippen molar-refractivity contribution >= 4 is 0 Å². The average molecular weight is 381 g/mol. The molecule has 7 nitrogen and oxygen atoms in total. The number of fused-ring (bicyclic) bond motifs is 1. The van der Waals surface area contributed by atoms with Gasteiger partial charge in [0, 0.05) is 73.7 Å². The Balaban J connectivity index is 1.28. The molecule has 29 heavy (non-hydrogen) atoms. The van der Waals surface area contributed by atoms with E-state index in [2.05, 4.69) is 29.8 Å². The third kappa shape index (κ3) is 3.86.